The second kappa shape index (κ2) is 7.58. The molecule has 3 heterocycles. The van der Waals surface area contributed by atoms with Gasteiger partial charge in [-0.05, 0) is 29.8 Å². The summed E-state index contributed by atoms with van der Waals surface area (Å²) in [5.74, 6) is -0.769. The van der Waals surface area contributed by atoms with Gasteiger partial charge in [-0.25, -0.2) is 9.37 Å². The largest absolute Gasteiger partial charge is 0.505 e. The molecule has 0 unspecified atom stereocenters. The summed E-state index contributed by atoms with van der Waals surface area (Å²) in [5, 5.41) is 31.5. The van der Waals surface area contributed by atoms with Crippen LogP contribution >= 0.6 is 22.9 Å². The number of phenolic OH excluding ortho intramolecular Hbond substituents is 1. The van der Waals surface area contributed by atoms with Gasteiger partial charge in [0.2, 0.25) is 0 Å². The van der Waals surface area contributed by atoms with Crippen LogP contribution in [0, 0.1) is 5.82 Å². The Morgan fingerprint density at radius 3 is 2.38 bits per heavy atom. The van der Waals surface area contributed by atoms with Gasteiger partial charge in [0.1, 0.15) is 10.6 Å². The first-order chi connectivity index (χ1) is 15.4. The number of phenols is 1. The molecule has 0 amide bonds. The number of nitrogens with zero attached hydrogens (tertiary/aromatic N) is 2. The van der Waals surface area contributed by atoms with E-state index in [1.165, 1.54) is 22.8 Å². The highest BCUT2D eigenvalue weighted by Crippen LogP contribution is 2.46. The number of rotatable bonds is 4. The lowest BCUT2D eigenvalue weighted by molar-refractivity contribution is 0.376. The van der Waals surface area contributed by atoms with Crippen LogP contribution in [0.5, 0.6) is 23.3 Å². The molecule has 5 aromatic rings. The number of halogens is 2. The zero-order valence-corrected chi connectivity index (χ0v) is 18.2. The maximum Gasteiger partial charge on any atom is 0.194 e. The van der Waals surface area contributed by atoms with E-state index in [1.807, 2.05) is 12.1 Å². The second-order valence-electron chi connectivity index (χ2n) is 7.17. The van der Waals surface area contributed by atoms with Crippen LogP contribution in [0.1, 0.15) is 5.69 Å². The lowest BCUT2D eigenvalue weighted by Gasteiger charge is -2.14. The molecule has 0 aliphatic rings. The average Bonchev–Trinajstić information content (AvgIpc) is 3.32. The van der Waals surface area contributed by atoms with E-state index in [0.29, 0.717) is 37.6 Å². The van der Waals surface area contributed by atoms with E-state index in [9.17, 15) is 19.7 Å². The summed E-state index contributed by atoms with van der Waals surface area (Å²) >= 11 is 7.94. The number of benzene rings is 2. The first-order valence-electron chi connectivity index (χ1n) is 9.53. The molecule has 0 saturated carbocycles. The summed E-state index contributed by atoms with van der Waals surface area (Å²) in [6.45, 7) is 0.00454. The van der Waals surface area contributed by atoms with Gasteiger partial charge in [-0.2, -0.15) is 0 Å². The van der Waals surface area contributed by atoms with Crippen molar-refractivity contribution in [1.82, 2.24) is 9.55 Å². The normalized spacial score (nSPS) is 11.5. The van der Waals surface area contributed by atoms with Crippen LogP contribution in [0.4, 0.5) is 4.39 Å². The summed E-state index contributed by atoms with van der Waals surface area (Å²) in [6, 6.07) is 12.9. The Bertz CT molecular complexity index is 1470. The Morgan fingerprint density at radius 2 is 1.72 bits per heavy atom. The highest BCUT2D eigenvalue weighted by molar-refractivity contribution is 7.25. The van der Waals surface area contributed by atoms with Crippen molar-refractivity contribution in [2.24, 2.45) is 0 Å². The zero-order chi connectivity index (χ0) is 22.6. The van der Waals surface area contributed by atoms with E-state index >= 15 is 0 Å². The minimum Gasteiger partial charge on any atom is -0.505 e. The van der Waals surface area contributed by atoms with Crippen LogP contribution in [-0.2, 0) is 6.54 Å². The van der Waals surface area contributed by atoms with E-state index in [1.54, 1.807) is 25.3 Å². The van der Waals surface area contributed by atoms with Crippen molar-refractivity contribution in [3.63, 3.8) is 0 Å². The molecule has 0 aliphatic carbocycles. The minimum absolute atomic E-state index is 0.00454. The SMILES string of the molecule is COc1ccc(-c2c(Cl)c(Cn3c(O)ccc3O)nc3sc4c(F)c(O)ccc4c23)cc1. The molecule has 0 bridgehead atoms. The zero-order valence-electron chi connectivity index (χ0n) is 16.6. The van der Waals surface area contributed by atoms with Crippen LogP contribution in [0.2, 0.25) is 5.02 Å². The maximum atomic E-state index is 14.7. The molecule has 5 rings (SSSR count). The van der Waals surface area contributed by atoms with Crippen LogP contribution in [0.25, 0.3) is 31.4 Å². The van der Waals surface area contributed by atoms with Crippen molar-refractivity contribution in [3.05, 3.63) is 65.1 Å². The molecule has 9 heteroatoms. The molecular weight excluding hydrogens is 455 g/mol. The van der Waals surface area contributed by atoms with Crippen LogP contribution in [0.3, 0.4) is 0 Å². The molecule has 2 aromatic carbocycles. The maximum absolute atomic E-state index is 14.7. The summed E-state index contributed by atoms with van der Waals surface area (Å²) < 4.78 is 21.5. The van der Waals surface area contributed by atoms with Gasteiger partial charge in [-0.15, -0.1) is 11.3 Å². The van der Waals surface area contributed by atoms with Gasteiger partial charge >= 0.3 is 0 Å². The first-order valence-corrected chi connectivity index (χ1v) is 10.7. The quantitative estimate of drug-likeness (QED) is 0.305. The fourth-order valence-corrected chi connectivity index (χ4v) is 5.19. The Morgan fingerprint density at radius 1 is 1.03 bits per heavy atom. The van der Waals surface area contributed by atoms with Crippen LogP contribution < -0.4 is 4.74 Å². The molecule has 3 aromatic heterocycles. The van der Waals surface area contributed by atoms with E-state index in [2.05, 4.69) is 4.98 Å². The third-order valence-electron chi connectivity index (χ3n) is 5.34. The molecule has 6 nitrogen and oxygen atoms in total. The van der Waals surface area contributed by atoms with Crippen molar-refractivity contribution in [2.45, 2.75) is 6.54 Å². The lowest BCUT2D eigenvalue weighted by Crippen LogP contribution is -2.03. The number of ether oxygens (including phenoxy) is 1. The number of hydrogen-bond donors (Lipinski definition) is 3. The Labute approximate surface area is 190 Å². The van der Waals surface area contributed by atoms with Gasteiger partial charge < -0.3 is 20.1 Å². The van der Waals surface area contributed by atoms with Crippen LogP contribution in [0.15, 0.2) is 48.5 Å². The van der Waals surface area contributed by atoms with Crippen molar-refractivity contribution >= 4 is 43.2 Å². The number of aromatic hydroxyl groups is 3. The van der Waals surface area contributed by atoms with Crippen molar-refractivity contribution in [1.29, 1.82) is 0 Å². The molecular formula is C23H16ClFN2O4S. The molecule has 0 spiro atoms. The highest BCUT2D eigenvalue weighted by atomic mass is 35.5. The fraction of sp³-hybridized carbons (Fsp3) is 0.0870. The van der Waals surface area contributed by atoms with Gasteiger partial charge in [0, 0.05) is 28.5 Å². The molecule has 32 heavy (non-hydrogen) atoms. The number of thiophene rings is 1. The Kier molecular flexibility index (Phi) is 4.83. The molecule has 0 fully saturated rings. The highest BCUT2D eigenvalue weighted by Gasteiger charge is 2.23. The van der Waals surface area contributed by atoms with E-state index in [0.717, 1.165) is 16.9 Å². The predicted molar refractivity (Wildman–Crippen MR) is 123 cm³/mol. The van der Waals surface area contributed by atoms with Gasteiger partial charge in [-0.1, -0.05) is 23.7 Å². The molecule has 0 radical (unpaired) electrons. The van der Waals surface area contributed by atoms with Crippen molar-refractivity contribution in [2.75, 3.05) is 7.11 Å². The summed E-state index contributed by atoms with van der Waals surface area (Å²) in [7, 11) is 1.57. The van der Waals surface area contributed by atoms with Gasteiger partial charge in [0.25, 0.3) is 0 Å². The van der Waals surface area contributed by atoms with Gasteiger partial charge in [0.05, 0.1) is 29.1 Å². The third kappa shape index (κ3) is 3.11. The fourth-order valence-electron chi connectivity index (χ4n) is 3.74. The molecule has 162 valence electrons. The van der Waals surface area contributed by atoms with Crippen molar-refractivity contribution < 1.29 is 24.4 Å². The van der Waals surface area contributed by atoms with Gasteiger partial charge in [-0.3, -0.25) is 4.57 Å². The predicted octanol–water partition coefficient (Wildman–Crippen LogP) is 5.88. The molecule has 3 N–H and O–H groups in total. The number of pyridine rings is 1. The number of fused-ring (bicyclic) bond motifs is 3. The lowest BCUT2D eigenvalue weighted by atomic mass is 9.99. The standard InChI is InChI=1S/C23H16ClFN2O4S/c1-31-12-4-2-11(3-5-12)18-19-13-6-7-15(28)21(25)22(13)32-23(19)26-14(20(18)24)10-27-16(29)8-9-17(27)30/h2-9,28-30H,10H2,1H3. The number of methoxy groups -OCH3 is 1. The van der Waals surface area contributed by atoms with E-state index < -0.39 is 11.6 Å². The summed E-state index contributed by atoms with van der Waals surface area (Å²) in [4.78, 5) is 5.14. The smallest absolute Gasteiger partial charge is 0.194 e. The topological polar surface area (TPSA) is 87.7 Å². The first kappa shape index (κ1) is 20.4. The van der Waals surface area contributed by atoms with Crippen LogP contribution in [-0.4, -0.2) is 32.0 Å². The molecule has 0 atom stereocenters. The number of aromatic nitrogens is 2. The average molecular weight is 471 g/mol. The van der Waals surface area contributed by atoms with E-state index in [4.69, 9.17) is 16.3 Å². The van der Waals surface area contributed by atoms with E-state index in [-0.39, 0.29) is 23.0 Å². The second-order valence-corrected chi connectivity index (χ2v) is 8.55. The Balaban J connectivity index is 1.84. The Hall–Kier alpha value is -3.49. The minimum atomic E-state index is -0.718. The summed E-state index contributed by atoms with van der Waals surface area (Å²) in [6.07, 6.45) is 0. The van der Waals surface area contributed by atoms with Gasteiger partial charge in [0.15, 0.2) is 23.3 Å². The van der Waals surface area contributed by atoms with Crippen molar-refractivity contribution in [3.8, 4) is 34.4 Å². The third-order valence-corrected chi connectivity index (χ3v) is 6.84. The number of hydrogen-bond acceptors (Lipinski definition) is 6. The molecule has 0 aliphatic heterocycles. The molecule has 0 saturated heterocycles. The monoisotopic (exact) mass is 470 g/mol. The summed E-state index contributed by atoms with van der Waals surface area (Å²) in [5.41, 5.74) is 1.79.